The molecule has 0 saturated carbocycles. The van der Waals surface area contributed by atoms with Gasteiger partial charge in [-0.2, -0.15) is 0 Å². The zero-order valence-electron chi connectivity index (χ0n) is 11.4. The second-order valence-corrected chi connectivity index (χ2v) is 6.41. The molecule has 0 unspecified atom stereocenters. The molecular weight excluding hydrogens is 286 g/mol. The first-order valence-electron chi connectivity index (χ1n) is 6.73. The second-order valence-electron chi connectivity index (χ2n) is 4.97. The Balaban J connectivity index is 1.76. The number of nitrogens with zero attached hydrogens (tertiary/aromatic N) is 1. The van der Waals surface area contributed by atoms with Crippen LogP contribution >= 0.6 is 24.0 Å². The van der Waals surface area contributed by atoms with Gasteiger partial charge >= 0.3 is 0 Å². The van der Waals surface area contributed by atoms with E-state index in [9.17, 15) is 0 Å². The lowest BCUT2D eigenvalue weighted by molar-refractivity contribution is 0.620. The van der Waals surface area contributed by atoms with Gasteiger partial charge < -0.3 is 10.3 Å². The molecule has 0 radical (unpaired) electrons. The van der Waals surface area contributed by atoms with Gasteiger partial charge in [0.1, 0.15) is 10.5 Å². The van der Waals surface area contributed by atoms with E-state index in [0.29, 0.717) is 0 Å². The Morgan fingerprint density at radius 2 is 2.10 bits per heavy atom. The summed E-state index contributed by atoms with van der Waals surface area (Å²) in [5.74, 6) is 1.80. The Bertz CT molecular complexity index is 662. The molecule has 0 atom stereocenters. The molecule has 3 rings (SSSR count). The Labute approximate surface area is 128 Å². The van der Waals surface area contributed by atoms with Crippen molar-refractivity contribution in [2.75, 3.05) is 6.54 Å². The predicted octanol–water partition coefficient (Wildman–Crippen LogP) is 3.39. The molecule has 2 aromatic rings. The fourth-order valence-electron chi connectivity index (χ4n) is 2.27. The van der Waals surface area contributed by atoms with Crippen molar-refractivity contribution in [1.29, 1.82) is 0 Å². The summed E-state index contributed by atoms with van der Waals surface area (Å²) in [6, 6.07) is 8.57. The summed E-state index contributed by atoms with van der Waals surface area (Å²) in [6.45, 7) is 3.95. The van der Waals surface area contributed by atoms with E-state index < -0.39 is 0 Å². The average molecular weight is 303 g/mol. The Hall–Kier alpha value is -1.17. The molecule has 1 aromatic heterocycles. The molecule has 0 aliphatic carbocycles. The maximum atomic E-state index is 5.39. The molecule has 0 saturated heterocycles. The van der Waals surface area contributed by atoms with Crippen LogP contribution in [0.2, 0.25) is 0 Å². The van der Waals surface area contributed by atoms with Crippen LogP contribution in [0.5, 0.6) is 0 Å². The van der Waals surface area contributed by atoms with Crippen LogP contribution in [-0.4, -0.2) is 16.5 Å². The highest BCUT2D eigenvalue weighted by Gasteiger charge is 2.12. The van der Waals surface area contributed by atoms with Gasteiger partial charge in [-0.1, -0.05) is 29.9 Å². The van der Waals surface area contributed by atoms with Crippen LogP contribution in [0.25, 0.3) is 0 Å². The number of fused-ring (bicyclic) bond motifs is 1. The van der Waals surface area contributed by atoms with E-state index in [0.717, 1.165) is 41.3 Å². The van der Waals surface area contributed by atoms with Gasteiger partial charge in [0.25, 0.3) is 0 Å². The zero-order chi connectivity index (χ0) is 13.9. The van der Waals surface area contributed by atoms with Gasteiger partial charge in [0.2, 0.25) is 0 Å². The Morgan fingerprint density at radius 3 is 2.90 bits per heavy atom. The third kappa shape index (κ3) is 3.11. The van der Waals surface area contributed by atoms with Crippen molar-refractivity contribution in [2.45, 2.75) is 30.5 Å². The zero-order valence-corrected chi connectivity index (χ0v) is 13.0. The second kappa shape index (κ2) is 6.08. The van der Waals surface area contributed by atoms with Crippen molar-refractivity contribution in [2.24, 2.45) is 0 Å². The lowest BCUT2D eigenvalue weighted by atomic mass is 10.1. The fraction of sp³-hybridized carbons (Fsp3) is 0.333. The van der Waals surface area contributed by atoms with E-state index in [4.69, 9.17) is 12.2 Å². The number of aromatic amines is 1. The monoisotopic (exact) mass is 303 g/mol. The van der Waals surface area contributed by atoms with Crippen LogP contribution in [0.1, 0.15) is 22.6 Å². The van der Waals surface area contributed by atoms with Gasteiger partial charge in [-0.3, -0.25) is 0 Å². The van der Waals surface area contributed by atoms with Crippen LogP contribution in [0.3, 0.4) is 0 Å². The standard InChI is InChI=1S/C15H17N3S2/c1-10-2-4-11(5-3-10)20-9-14-17-13-6-7-16-8-12(13)15(19)18-14/h2-5,16H,6-9H2,1H3,(H,17,18,19). The molecule has 104 valence electrons. The summed E-state index contributed by atoms with van der Waals surface area (Å²) in [5, 5.41) is 3.33. The predicted molar refractivity (Wildman–Crippen MR) is 85.6 cm³/mol. The lowest BCUT2D eigenvalue weighted by Crippen LogP contribution is -2.25. The van der Waals surface area contributed by atoms with Crippen LogP contribution in [0.4, 0.5) is 0 Å². The molecule has 0 spiro atoms. The maximum absolute atomic E-state index is 5.39. The number of hydrogen-bond donors (Lipinski definition) is 2. The van der Waals surface area contributed by atoms with Crippen LogP contribution in [0.15, 0.2) is 29.2 Å². The average Bonchev–Trinajstić information content (AvgIpc) is 2.47. The topological polar surface area (TPSA) is 40.7 Å². The number of rotatable bonds is 3. The highest BCUT2D eigenvalue weighted by molar-refractivity contribution is 7.98. The summed E-state index contributed by atoms with van der Waals surface area (Å²) in [4.78, 5) is 9.23. The first kappa shape index (κ1) is 13.8. The minimum absolute atomic E-state index is 0.741. The summed E-state index contributed by atoms with van der Waals surface area (Å²) in [5.41, 5.74) is 3.70. The first-order chi connectivity index (χ1) is 9.72. The Morgan fingerprint density at radius 1 is 1.30 bits per heavy atom. The van der Waals surface area contributed by atoms with Crippen molar-refractivity contribution in [3.8, 4) is 0 Å². The molecule has 0 amide bonds. The molecule has 0 fully saturated rings. The van der Waals surface area contributed by atoms with Gasteiger partial charge in [0.15, 0.2) is 0 Å². The van der Waals surface area contributed by atoms with Gasteiger partial charge in [-0.25, -0.2) is 4.98 Å². The maximum Gasteiger partial charge on any atom is 0.134 e. The summed E-state index contributed by atoms with van der Waals surface area (Å²) in [7, 11) is 0. The number of thioether (sulfide) groups is 1. The van der Waals surface area contributed by atoms with Gasteiger partial charge in [-0.05, 0) is 19.1 Å². The van der Waals surface area contributed by atoms with Crippen molar-refractivity contribution in [3.63, 3.8) is 0 Å². The van der Waals surface area contributed by atoms with E-state index in [2.05, 4.69) is 46.5 Å². The van der Waals surface area contributed by atoms with Crippen molar-refractivity contribution in [1.82, 2.24) is 15.3 Å². The van der Waals surface area contributed by atoms with Crippen molar-refractivity contribution >= 4 is 24.0 Å². The third-order valence-corrected chi connectivity index (χ3v) is 4.77. The van der Waals surface area contributed by atoms with Crippen molar-refractivity contribution in [3.05, 3.63) is 51.6 Å². The van der Waals surface area contributed by atoms with E-state index in [-0.39, 0.29) is 0 Å². The molecule has 1 aliphatic heterocycles. The van der Waals surface area contributed by atoms with Gasteiger partial charge in [-0.15, -0.1) is 11.8 Å². The number of hydrogen-bond acceptors (Lipinski definition) is 4. The SMILES string of the molecule is Cc1ccc(SCc2nc(=S)c3c([nH]2)CCNC3)cc1. The number of aryl methyl sites for hydroxylation is 1. The summed E-state index contributed by atoms with van der Waals surface area (Å²) in [6.07, 6.45) is 1.00. The summed E-state index contributed by atoms with van der Waals surface area (Å²) < 4.78 is 0.741. The fourth-order valence-corrected chi connectivity index (χ4v) is 3.35. The minimum atomic E-state index is 0.741. The molecule has 0 bridgehead atoms. The largest absolute Gasteiger partial charge is 0.346 e. The smallest absolute Gasteiger partial charge is 0.134 e. The number of aromatic nitrogens is 2. The molecule has 2 N–H and O–H groups in total. The summed E-state index contributed by atoms with van der Waals surface area (Å²) >= 11 is 7.18. The molecule has 1 aliphatic rings. The number of nitrogens with one attached hydrogen (secondary N) is 2. The highest BCUT2D eigenvalue weighted by Crippen LogP contribution is 2.22. The van der Waals surface area contributed by atoms with E-state index in [1.54, 1.807) is 11.8 Å². The highest BCUT2D eigenvalue weighted by atomic mass is 32.2. The molecule has 20 heavy (non-hydrogen) atoms. The molecule has 5 heteroatoms. The third-order valence-electron chi connectivity index (χ3n) is 3.40. The van der Waals surface area contributed by atoms with E-state index in [1.165, 1.54) is 16.2 Å². The number of H-pyrrole nitrogens is 1. The normalized spacial score (nSPS) is 14.1. The van der Waals surface area contributed by atoms with Crippen LogP contribution in [0, 0.1) is 11.6 Å². The number of benzene rings is 1. The lowest BCUT2D eigenvalue weighted by Gasteiger charge is -2.17. The van der Waals surface area contributed by atoms with Crippen LogP contribution in [-0.2, 0) is 18.7 Å². The van der Waals surface area contributed by atoms with Crippen molar-refractivity contribution < 1.29 is 0 Å². The molecule has 1 aromatic carbocycles. The molecular formula is C15H17N3S2. The quantitative estimate of drug-likeness (QED) is 0.673. The Kier molecular flexibility index (Phi) is 4.19. The van der Waals surface area contributed by atoms with Crippen LogP contribution < -0.4 is 5.32 Å². The minimum Gasteiger partial charge on any atom is -0.346 e. The van der Waals surface area contributed by atoms with E-state index >= 15 is 0 Å². The van der Waals surface area contributed by atoms with Gasteiger partial charge in [0.05, 0.1) is 5.75 Å². The van der Waals surface area contributed by atoms with E-state index in [1.807, 2.05) is 0 Å². The first-order valence-corrected chi connectivity index (χ1v) is 8.13. The molecule has 2 heterocycles. The van der Waals surface area contributed by atoms with Gasteiger partial charge in [0, 0.05) is 35.7 Å². The molecule has 3 nitrogen and oxygen atoms in total.